The van der Waals surface area contributed by atoms with Gasteiger partial charge in [0.1, 0.15) is 0 Å². The summed E-state index contributed by atoms with van der Waals surface area (Å²) >= 11 is 0. The van der Waals surface area contributed by atoms with Crippen molar-refractivity contribution in [2.45, 2.75) is 25.0 Å². The average molecular weight is 368 g/mol. The molecule has 0 spiro atoms. The molecule has 2 rings (SSSR count). The highest BCUT2D eigenvalue weighted by atomic mass is 16.5. The number of nitrogens with zero attached hydrogens (tertiary/aromatic N) is 1. The minimum absolute atomic E-state index is 0.00954. The number of hydrogen-bond acceptors (Lipinski definition) is 5. The Kier molecular flexibility index (Phi) is 6.52. The van der Waals surface area contributed by atoms with E-state index in [1.54, 1.807) is 49.4 Å². The molecular formula is C20H20N2O5. The number of benzene rings is 2. The number of esters is 1. The number of ether oxygens (including phenoxy) is 1. The zero-order valence-corrected chi connectivity index (χ0v) is 14.8. The summed E-state index contributed by atoms with van der Waals surface area (Å²) in [7, 11) is 0. The largest absolute Gasteiger partial charge is 0.465 e. The lowest BCUT2D eigenvalue weighted by Gasteiger charge is -2.34. The van der Waals surface area contributed by atoms with Gasteiger partial charge in [-0.15, -0.1) is 0 Å². The Morgan fingerprint density at radius 1 is 1.19 bits per heavy atom. The molecule has 140 valence electrons. The van der Waals surface area contributed by atoms with Gasteiger partial charge in [0.2, 0.25) is 0 Å². The molecule has 0 heterocycles. The molecule has 1 amide bonds. The molecule has 0 bridgehead atoms. The van der Waals surface area contributed by atoms with E-state index in [1.165, 1.54) is 12.1 Å². The zero-order chi connectivity index (χ0) is 19.9. The molecule has 0 aliphatic rings. The lowest BCUT2D eigenvalue weighted by atomic mass is 9.81. The van der Waals surface area contributed by atoms with Crippen molar-refractivity contribution >= 4 is 12.1 Å². The van der Waals surface area contributed by atoms with E-state index in [2.05, 4.69) is 5.32 Å². The van der Waals surface area contributed by atoms with E-state index in [0.29, 0.717) is 5.56 Å². The molecule has 27 heavy (non-hydrogen) atoms. The van der Waals surface area contributed by atoms with Crippen molar-refractivity contribution in [1.82, 2.24) is 5.32 Å². The van der Waals surface area contributed by atoms with Gasteiger partial charge in [-0.05, 0) is 24.1 Å². The van der Waals surface area contributed by atoms with Gasteiger partial charge in [0.25, 0.3) is 0 Å². The first-order chi connectivity index (χ1) is 12.9. The van der Waals surface area contributed by atoms with E-state index < -0.39 is 23.7 Å². The molecule has 0 saturated heterocycles. The first-order valence-electron chi connectivity index (χ1n) is 8.34. The summed E-state index contributed by atoms with van der Waals surface area (Å²) in [5.41, 5.74) is -1.30. The third kappa shape index (κ3) is 4.63. The van der Waals surface area contributed by atoms with E-state index in [4.69, 9.17) is 4.74 Å². The van der Waals surface area contributed by atoms with Crippen LogP contribution in [-0.2, 0) is 16.0 Å². The second-order valence-electron chi connectivity index (χ2n) is 5.89. The Labute approximate surface area is 156 Å². The fourth-order valence-electron chi connectivity index (χ4n) is 2.88. The van der Waals surface area contributed by atoms with Crippen LogP contribution in [-0.4, -0.2) is 34.5 Å². The Bertz CT molecular complexity index is 847. The van der Waals surface area contributed by atoms with Crippen molar-refractivity contribution < 1.29 is 24.5 Å². The number of carbonyl (C=O) groups excluding carboxylic acids is 1. The van der Waals surface area contributed by atoms with Crippen LogP contribution in [0.3, 0.4) is 0 Å². The third-order valence-corrected chi connectivity index (χ3v) is 4.08. The van der Waals surface area contributed by atoms with Crippen LogP contribution in [0.4, 0.5) is 4.79 Å². The molecular weight excluding hydrogens is 348 g/mol. The van der Waals surface area contributed by atoms with Crippen molar-refractivity contribution in [3.05, 3.63) is 71.3 Å². The van der Waals surface area contributed by atoms with E-state index in [1.807, 2.05) is 6.07 Å². The summed E-state index contributed by atoms with van der Waals surface area (Å²) in [6, 6.07) is 15.4. The van der Waals surface area contributed by atoms with Gasteiger partial charge in [0, 0.05) is 6.42 Å². The monoisotopic (exact) mass is 368 g/mol. The van der Waals surface area contributed by atoms with Gasteiger partial charge >= 0.3 is 12.1 Å². The first kappa shape index (κ1) is 19.9. The highest BCUT2D eigenvalue weighted by molar-refractivity contribution is 5.82. The van der Waals surface area contributed by atoms with Crippen molar-refractivity contribution in [2.24, 2.45) is 0 Å². The normalized spacial score (nSPS) is 13.7. The van der Waals surface area contributed by atoms with Crippen LogP contribution in [0.25, 0.3) is 0 Å². The van der Waals surface area contributed by atoms with E-state index in [-0.39, 0.29) is 24.2 Å². The Morgan fingerprint density at radius 3 is 2.41 bits per heavy atom. The molecule has 2 aromatic rings. The second kappa shape index (κ2) is 8.83. The number of hydrogen-bond donors (Lipinski definition) is 3. The standard InChI is InChI=1S/C20H20N2O5/c1-2-27-18(23)20(26,12-14-8-4-3-5-9-14)17(22-19(24)25)16-11-7-6-10-15(16)13-21/h3-11,17,22,26H,2,12H2,1H3,(H,24,25)/t17-,20+/m1/s1. The van der Waals surface area contributed by atoms with Crippen LogP contribution in [0.2, 0.25) is 0 Å². The quantitative estimate of drug-likeness (QED) is 0.646. The molecule has 0 aliphatic heterocycles. The van der Waals surface area contributed by atoms with E-state index >= 15 is 0 Å². The number of amides is 1. The highest BCUT2D eigenvalue weighted by Crippen LogP contribution is 2.33. The summed E-state index contributed by atoms with van der Waals surface area (Å²) in [6.07, 6.45) is -1.64. The summed E-state index contributed by atoms with van der Waals surface area (Å²) in [5, 5.41) is 32.2. The van der Waals surface area contributed by atoms with Gasteiger partial charge in [-0.1, -0.05) is 48.5 Å². The fourth-order valence-corrected chi connectivity index (χ4v) is 2.88. The van der Waals surface area contributed by atoms with Crippen LogP contribution in [0.15, 0.2) is 54.6 Å². The van der Waals surface area contributed by atoms with Gasteiger partial charge in [-0.3, -0.25) is 0 Å². The van der Waals surface area contributed by atoms with Crippen molar-refractivity contribution in [3.63, 3.8) is 0 Å². The summed E-state index contributed by atoms with van der Waals surface area (Å²) in [6.45, 7) is 1.60. The van der Waals surface area contributed by atoms with Crippen LogP contribution in [0.1, 0.15) is 29.7 Å². The zero-order valence-electron chi connectivity index (χ0n) is 14.8. The third-order valence-electron chi connectivity index (χ3n) is 4.08. The molecule has 7 heteroatoms. The van der Waals surface area contributed by atoms with Crippen molar-refractivity contribution in [3.8, 4) is 6.07 Å². The summed E-state index contributed by atoms with van der Waals surface area (Å²) in [5.74, 6) is -0.972. The number of nitrogens with one attached hydrogen (secondary N) is 1. The van der Waals surface area contributed by atoms with Crippen LogP contribution in [0.5, 0.6) is 0 Å². The van der Waals surface area contributed by atoms with Crippen molar-refractivity contribution in [1.29, 1.82) is 5.26 Å². The maximum Gasteiger partial charge on any atom is 0.405 e. The van der Waals surface area contributed by atoms with Crippen LogP contribution < -0.4 is 5.32 Å². The van der Waals surface area contributed by atoms with Crippen LogP contribution >= 0.6 is 0 Å². The molecule has 0 fully saturated rings. The molecule has 0 radical (unpaired) electrons. The molecule has 0 saturated carbocycles. The summed E-state index contributed by atoms with van der Waals surface area (Å²) < 4.78 is 5.03. The number of aliphatic hydroxyl groups is 1. The molecule has 7 nitrogen and oxygen atoms in total. The van der Waals surface area contributed by atoms with Gasteiger partial charge in [-0.2, -0.15) is 5.26 Å². The van der Waals surface area contributed by atoms with Gasteiger partial charge in [-0.25, -0.2) is 9.59 Å². The maximum absolute atomic E-state index is 12.7. The molecule has 0 aliphatic carbocycles. The van der Waals surface area contributed by atoms with Gasteiger partial charge in [0.05, 0.1) is 24.3 Å². The summed E-state index contributed by atoms with van der Waals surface area (Å²) in [4.78, 5) is 24.1. The van der Waals surface area contributed by atoms with Crippen LogP contribution in [0, 0.1) is 11.3 Å². The molecule has 3 N–H and O–H groups in total. The number of carboxylic acid groups (broad SMARTS) is 1. The molecule has 0 aromatic heterocycles. The average Bonchev–Trinajstić information content (AvgIpc) is 2.66. The lowest BCUT2D eigenvalue weighted by Crippen LogP contribution is -2.54. The predicted octanol–water partition coefficient (Wildman–Crippen LogP) is 2.40. The predicted molar refractivity (Wildman–Crippen MR) is 96.8 cm³/mol. The first-order valence-corrected chi connectivity index (χ1v) is 8.34. The van der Waals surface area contributed by atoms with Gasteiger partial charge < -0.3 is 20.3 Å². The molecule has 0 unspecified atom stereocenters. The SMILES string of the molecule is CCOC(=O)[C@](O)(Cc1ccccc1)[C@H](NC(=O)O)c1ccccc1C#N. The minimum atomic E-state index is -2.25. The number of carbonyl (C=O) groups is 2. The van der Waals surface area contributed by atoms with E-state index in [9.17, 15) is 25.1 Å². The molecule has 2 atom stereocenters. The van der Waals surface area contributed by atoms with E-state index in [0.717, 1.165) is 0 Å². The Morgan fingerprint density at radius 2 is 1.81 bits per heavy atom. The number of nitriles is 1. The Hall–Kier alpha value is -3.37. The maximum atomic E-state index is 12.7. The molecule has 2 aromatic carbocycles. The van der Waals surface area contributed by atoms with Crippen molar-refractivity contribution in [2.75, 3.05) is 6.61 Å². The lowest BCUT2D eigenvalue weighted by molar-refractivity contribution is -0.168. The highest BCUT2D eigenvalue weighted by Gasteiger charge is 2.48. The number of rotatable bonds is 7. The minimum Gasteiger partial charge on any atom is -0.465 e. The van der Waals surface area contributed by atoms with Gasteiger partial charge in [0.15, 0.2) is 5.60 Å². The fraction of sp³-hybridized carbons (Fsp3) is 0.250. The second-order valence-corrected chi connectivity index (χ2v) is 5.89. The topological polar surface area (TPSA) is 120 Å². The smallest absolute Gasteiger partial charge is 0.405 e. The Balaban J connectivity index is 2.60.